The Morgan fingerprint density at radius 3 is 2.62 bits per heavy atom. The van der Waals surface area contributed by atoms with Gasteiger partial charge in [0.25, 0.3) is 0 Å². The van der Waals surface area contributed by atoms with Crippen molar-refractivity contribution in [2.75, 3.05) is 0 Å². The zero-order valence-electron chi connectivity index (χ0n) is 14.1. The van der Waals surface area contributed by atoms with E-state index in [1.165, 1.54) is 23.8 Å². The first-order valence-corrected chi connectivity index (χ1v) is 9.89. The second-order valence-corrected chi connectivity index (χ2v) is 9.49. The molecule has 1 aromatic carbocycles. The molecule has 0 heterocycles. The molecule has 3 atom stereocenters. The Morgan fingerprint density at radius 1 is 1.29 bits per heavy atom. The zero-order valence-corrected chi connectivity index (χ0v) is 15.5. The van der Waals surface area contributed by atoms with E-state index in [4.69, 9.17) is 4.74 Å². The third kappa shape index (κ3) is 4.47. The van der Waals surface area contributed by atoms with Gasteiger partial charge in [0.05, 0.1) is 11.0 Å². The Morgan fingerprint density at radius 2 is 2.00 bits per heavy atom. The summed E-state index contributed by atoms with van der Waals surface area (Å²) in [6, 6.07) is 10.9. The van der Waals surface area contributed by atoms with Crippen LogP contribution in [0.15, 0.2) is 42.2 Å². The topological polar surface area (TPSA) is 9.23 Å². The minimum atomic E-state index is -0.432. The summed E-state index contributed by atoms with van der Waals surface area (Å²) in [7, 11) is -0.432. The van der Waals surface area contributed by atoms with Gasteiger partial charge in [0, 0.05) is 6.42 Å². The molecule has 1 aliphatic rings. The number of allylic oxidation sites excluding steroid dienone is 2. The molecule has 0 N–H and O–H groups in total. The Bertz CT molecular complexity index is 468. The van der Waals surface area contributed by atoms with Crippen molar-refractivity contribution in [3.63, 3.8) is 0 Å². The van der Waals surface area contributed by atoms with Gasteiger partial charge in [-0.1, -0.05) is 62.7 Å². The summed E-state index contributed by atoms with van der Waals surface area (Å²) in [4.78, 5) is 0. The van der Waals surface area contributed by atoms with Crippen molar-refractivity contribution in [2.24, 2.45) is 11.8 Å². The predicted octanol–water partition coefficient (Wildman–Crippen LogP) is 3.96. The van der Waals surface area contributed by atoms with Gasteiger partial charge in [-0.05, 0) is 37.7 Å². The smallest absolute Gasteiger partial charge is 0.107 e. The van der Waals surface area contributed by atoms with E-state index >= 15 is 0 Å². The molecule has 0 bridgehead atoms. The van der Waals surface area contributed by atoms with Gasteiger partial charge in [-0.2, -0.15) is 0 Å². The minimum Gasteiger partial charge on any atom is -0.496 e. The molecule has 0 aromatic heterocycles. The Hall–Kier alpha value is -1.02. The molecule has 1 aromatic rings. The Balaban J connectivity index is 1.96. The maximum Gasteiger partial charge on any atom is 0.107 e. The fourth-order valence-corrected chi connectivity index (χ4v) is 5.01. The highest BCUT2D eigenvalue weighted by Gasteiger charge is 2.30. The Kier molecular flexibility index (Phi) is 5.69. The van der Waals surface area contributed by atoms with Gasteiger partial charge in [0.1, 0.15) is 9.52 Å². The van der Waals surface area contributed by atoms with E-state index in [9.17, 15) is 0 Å². The fourth-order valence-electron chi connectivity index (χ4n) is 3.14. The molecule has 116 valence electrons. The van der Waals surface area contributed by atoms with Crippen molar-refractivity contribution in [3.05, 3.63) is 42.2 Å². The number of hydrogen-bond donors (Lipinski definition) is 0. The van der Waals surface area contributed by atoms with Gasteiger partial charge in [0.15, 0.2) is 0 Å². The maximum absolute atomic E-state index is 6.50. The average molecular weight is 303 g/mol. The summed E-state index contributed by atoms with van der Waals surface area (Å²) in [6.45, 7) is 9.24. The number of benzene rings is 1. The molecule has 0 radical (unpaired) electrons. The highest BCUT2D eigenvalue weighted by molar-refractivity contribution is 6.56. The molecule has 3 unspecified atom stereocenters. The SMILES string of the molecule is CCC(C)C1CC=C(OC(C)(CC)[SiH2]c2ccccc2)C1. The standard InChI is InChI=1S/C19H30OSi/c1-5-15(3)16-12-13-17(14-16)20-19(4,6-2)21-18-10-8-7-9-11-18/h7-11,13,15-16H,5-6,12,14,21H2,1-4H3. The second kappa shape index (κ2) is 7.30. The molecule has 1 nitrogen and oxygen atoms in total. The lowest BCUT2D eigenvalue weighted by atomic mass is 9.90. The number of rotatable bonds is 7. The van der Waals surface area contributed by atoms with Gasteiger partial charge in [-0.15, -0.1) is 0 Å². The first-order valence-electron chi connectivity index (χ1n) is 8.48. The minimum absolute atomic E-state index is 0.0531. The molecule has 2 rings (SSSR count). The molecule has 0 saturated carbocycles. The summed E-state index contributed by atoms with van der Waals surface area (Å²) in [5.74, 6) is 2.86. The third-order valence-corrected chi connectivity index (χ3v) is 7.38. The molecule has 2 heteroatoms. The van der Waals surface area contributed by atoms with Crippen LogP contribution in [0.25, 0.3) is 0 Å². The lowest BCUT2D eigenvalue weighted by Crippen LogP contribution is -2.41. The van der Waals surface area contributed by atoms with E-state index in [0.717, 1.165) is 24.7 Å². The van der Waals surface area contributed by atoms with Gasteiger partial charge in [-0.25, -0.2) is 0 Å². The predicted molar refractivity (Wildman–Crippen MR) is 94.7 cm³/mol. The van der Waals surface area contributed by atoms with Crippen molar-refractivity contribution >= 4 is 14.7 Å². The molecular formula is C19H30OSi. The molecule has 0 amide bonds. The van der Waals surface area contributed by atoms with Crippen molar-refractivity contribution in [2.45, 2.75) is 58.6 Å². The number of hydrogen-bond acceptors (Lipinski definition) is 1. The van der Waals surface area contributed by atoms with E-state index in [1.807, 2.05) is 0 Å². The fraction of sp³-hybridized carbons (Fsp3) is 0.579. The van der Waals surface area contributed by atoms with Gasteiger partial charge in [0.2, 0.25) is 0 Å². The van der Waals surface area contributed by atoms with Gasteiger partial charge in [-0.3, -0.25) is 0 Å². The molecule has 0 saturated heterocycles. The average Bonchev–Trinajstić information content (AvgIpc) is 2.95. The third-order valence-electron chi connectivity index (χ3n) is 5.11. The van der Waals surface area contributed by atoms with Gasteiger partial charge >= 0.3 is 0 Å². The van der Waals surface area contributed by atoms with Crippen LogP contribution in [0.1, 0.15) is 53.4 Å². The molecular weight excluding hydrogens is 272 g/mol. The summed E-state index contributed by atoms with van der Waals surface area (Å²) in [5, 5.41) is 1.55. The second-order valence-electron chi connectivity index (χ2n) is 6.82. The van der Waals surface area contributed by atoms with Crippen LogP contribution in [-0.2, 0) is 4.74 Å². The molecule has 0 fully saturated rings. The first-order chi connectivity index (χ1) is 10.1. The lowest BCUT2D eigenvalue weighted by molar-refractivity contribution is 0.0785. The van der Waals surface area contributed by atoms with E-state index < -0.39 is 9.52 Å². The van der Waals surface area contributed by atoms with Crippen LogP contribution in [0, 0.1) is 11.8 Å². The van der Waals surface area contributed by atoms with Crippen molar-refractivity contribution in [3.8, 4) is 0 Å². The lowest BCUT2D eigenvalue weighted by Gasteiger charge is -2.31. The van der Waals surface area contributed by atoms with Crippen LogP contribution < -0.4 is 5.19 Å². The summed E-state index contributed by atoms with van der Waals surface area (Å²) < 4.78 is 6.50. The monoisotopic (exact) mass is 302 g/mol. The molecule has 0 aliphatic heterocycles. The van der Waals surface area contributed by atoms with Crippen molar-refractivity contribution in [1.29, 1.82) is 0 Å². The summed E-state index contributed by atoms with van der Waals surface area (Å²) in [6.07, 6.45) is 7.07. The largest absolute Gasteiger partial charge is 0.496 e. The highest BCUT2D eigenvalue weighted by Crippen LogP contribution is 2.35. The van der Waals surface area contributed by atoms with Crippen LogP contribution in [0.4, 0.5) is 0 Å². The number of ether oxygens (including phenoxy) is 1. The molecule has 0 spiro atoms. The normalized spacial score (nSPS) is 23.0. The van der Waals surface area contributed by atoms with Crippen LogP contribution in [0.3, 0.4) is 0 Å². The molecule has 21 heavy (non-hydrogen) atoms. The first kappa shape index (κ1) is 16.3. The van der Waals surface area contributed by atoms with Gasteiger partial charge < -0.3 is 4.74 Å². The van der Waals surface area contributed by atoms with E-state index in [0.29, 0.717) is 0 Å². The summed E-state index contributed by atoms with van der Waals surface area (Å²) in [5.41, 5.74) is 0. The van der Waals surface area contributed by atoms with Crippen molar-refractivity contribution < 1.29 is 4.74 Å². The highest BCUT2D eigenvalue weighted by atomic mass is 28.2. The molecule has 1 aliphatic carbocycles. The zero-order chi connectivity index (χ0) is 15.3. The van der Waals surface area contributed by atoms with E-state index in [1.54, 1.807) is 0 Å². The van der Waals surface area contributed by atoms with E-state index in [2.05, 4.69) is 64.1 Å². The van der Waals surface area contributed by atoms with Crippen molar-refractivity contribution in [1.82, 2.24) is 0 Å². The Labute approximate surface area is 132 Å². The summed E-state index contributed by atoms with van der Waals surface area (Å²) >= 11 is 0. The van der Waals surface area contributed by atoms with Crippen LogP contribution in [-0.4, -0.2) is 14.7 Å². The maximum atomic E-state index is 6.50. The quantitative estimate of drug-likeness (QED) is 0.693. The van der Waals surface area contributed by atoms with E-state index in [-0.39, 0.29) is 5.22 Å². The van der Waals surface area contributed by atoms with Crippen LogP contribution in [0.5, 0.6) is 0 Å². The van der Waals surface area contributed by atoms with Crippen LogP contribution >= 0.6 is 0 Å². The van der Waals surface area contributed by atoms with Crippen LogP contribution in [0.2, 0.25) is 0 Å².